The van der Waals surface area contributed by atoms with Crippen LogP contribution in [0.2, 0.25) is 0 Å². The molecule has 1 aromatic heterocycles. The number of carbonyl (C=O) groups excluding carboxylic acids is 1. The molecule has 0 aliphatic carbocycles. The van der Waals surface area contributed by atoms with E-state index in [-0.39, 0.29) is 17.9 Å². The van der Waals surface area contributed by atoms with Crippen LogP contribution in [0.5, 0.6) is 5.75 Å². The molecule has 9 heteroatoms. The largest absolute Gasteiger partial charge is 0.488 e. The first-order valence-corrected chi connectivity index (χ1v) is 11.9. The Labute approximate surface area is 219 Å². The maximum Gasteiger partial charge on any atom is 0.416 e. The molecule has 0 radical (unpaired) electrons. The molecule has 0 aliphatic rings. The van der Waals surface area contributed by atoms with Gasteiger partial charge in [-0.3, -0.25) is 0 Å². The third-order valence-corrected chi connectivity index (χ3v) is 6.30. The average Bonchev–Trinajstić information content (AvgIpc) is 3.23. The molecule has 0 saturated carbocycles. The third kappa shape index (κ3) is 5.72. The van der Waals surface area contributed by atoms with Crippen molar-refractivity contribution < 1.29 is 31.8 Å². The van der Waals surface area contributed by atoms with Crippen LogP contribution >= 0.6 is 15.9 Å². The second-order valence-electron chi connectivity index (χ2n) is 8.48. The van der Waals surface area contributed by atoms with Crippen LogP contribution in [0.1, 0.15) is 32.7 Å². The smallest absolute Gasteiger partial charge is 0.416 e. The number of rotatable bonds is 6. The zero-order chi connectivity index (χ0) is 26.9. The van der Waals surface area contributed by atoms with E-state index in [2.05, 4.69) is 20.7 Å². The second kappa shape index (κ2) is 10.4. The summed E-state index contributed by atoms with van der Waals surface area (Å²) in [7, 11) is 1.11. The van der Waals surface area contributed by atoms with Crippen molar-refractivity contribution in [2.75, 3.05) is 7.11 Å². The first kappa shape index (κ1) is 26.5. The normalized spacial score (nSPS) is 11.5. The molecule has 0 amide bonds. The topological polar surface area (TPSA) is 40.5 Å². The van der Waals surface area contributed by atoms with Crippen molar-refractivity contribution in [3.63, 3.8) is 0 Å². The van der Waals surface area contributed by atoms with E-state index in [1.165, 1.54) is 12.1 Å². The Morgan fingerprint density at radius 1 is 0.973 bits per heavy atom. The summed E-state index contributed by atoms with van der Waals surface area (Å²) in [6.07, 6.45) is -4.67. The van der Waals surface area contributed by atoms with Crippen molar-refractivity contribution in [2.45, 2.75) is 26.6 Å². The first-order chi connectivity index (χ1) is 17.5. The Hall–Kier alpha value is -3.59. The lowest BCUT2D eigenvalue weighted by atomic mass is 10.1. The van der Waals surface area contributed by atoms with Gasteiger partial charge in [0.2, 0.25) is 0 Å². The van der Waals surface area contributed by atoms with Gasteiger partial charge in [0.15, 0.2) is 0 Å². The Morgan fingerprint density at radius 2 is 1.73 bits per heavy atom. The molecule has 0 aliphatic heterocycles. The molecule has 0 bridgehead atoms. The van der Waals surface area contributed by atoms with E-state index in [1.807, 2.05) is 19.1 Å². The number of nitrogens with zero attached hydrogens (tertiary/aromatic N) is 1. The number of aromatic nitrogens is 1. The van der Waals surface area contributed by atoms with Crippen LogP contribution in [0.4, 0.5) is 17.6 Å². The number of hydrogen-bond donors (Lipinski definition) is 0. The summed E-state index contributed by atoms with van der Waals surface area (Å²) in [5, 5.41) is 0. The average molecular weight is 576 g/mol. The van der Waals surface area contributed by atoms with Gasteiger partial charge in [-0.05, 0) is 68.4 Å². The minimum Gasteiger partial charge on any atom is -0.488 e. The van der Waals surface area contributed by atoms with Crippen molar-refractivity contribution in [1.82, 2.24) is 4.57 Å². The number of esters is 1. The summed E-state index contributed by atoms with van der Waals surface area (Å²) in [5.74, 6) is -0.885. The maximum absolute atomic E-state index is 14.4. The molecule has 4 aromatic rings. The second-order valence-corrected chi connectivity index (χ2v) is 9.39. The molecule has 0 saturated heterocycles. The highest BCUT2D eigenvalue weighted by Crippen LogP contribution is 2.37. The van der Waals surface area contributed by atoms with Gasteiger partial charge in [-0.25, -0.2) is 9.18 Å². The molecule has 4 nitrogen and oxygen atoms in total. The lowest BCUT2D eigenvalue weighted by Crippen LogP contribution is -2.11. The van der Waals surface area contributed by atoms with Crippen LogP contribution in [-0.4, -0.2) is 17.6 Å². The Balaban J connectivity index is 1.83. The Bertz CT molecular complexity index is 1480. The fraction of sp³-hybridized carbons (Fsp3) is 0.179. The summed E-state index contributed by atoms with van der Waals surface area (Å²) < 4.78 is 68.3. The standard InChI is InChI=1S/C28H22BrF4NO3/c1-16-4-9-26(37-15-18-6-7-21(29)14-24(18)30)23(10-16)25-8-5-17(2)34(25)22-12-19(27(35)36-3)11-20(13-22)28(31,32)33/h4-14H,15H2,1-3H3. The van der Waals surface area contributed by atoms with Gasteiger partial charge >= 0.3 is 12.1 Å². The van der Waals surface area contributed by atoms with Gasteiger partial charge in [0.25, 0.3) is 0 Å². The molecule has 0 unspecified atom stereocenters. The van der Waals surface area contributed by atoms with Gasteiger partial charge in [-0.1, -0.05) is 33.6 Å². The number of halogens is 5. The Morgan fingerprint density at radius 3 is 2.41 bits per heavy atom. The zero-order valence-corrected chi connectivity index (χ0v) is 21.7. The first-order valence-electron chi connectivity index (χ1n) is 11.1. The van der Waals surface area contributed by atoms with E-state index in [1.54, 1.807) is 41.8 Å². The van der Waals surface area contributed by atoms with Crippen LogP contribution in [0.25, 0.3) is 16.9 Å². The van der Waals surface area contributed by atoms with Crippen LogP contribution in [0, 0.1) is 19.7 Å². The summed E-state index contributed by atoms with van der Waals surface area (Å²) in [6.45, 7) is 3.57. The van der Waals surface area contributed by atoms with Gasteiger partial charge in [-0.2, -0.15) is 13.2 Å². The monoisotopic (exact) mass is 575 g/mol. The number of benzene rings is 3. The number of aryl methyl sites for hydroxylation is 2. The van der Waals surface area contributed by atoms with Gasteiger partial charge in [0.1, 0.15) is 18.2 Å². The quantitative estimate of drug-likeness (QED) is 0.172. The summed E-state index contributed by atoms with van der Waals surface area (Å²) in [6, 6.07) is 16.7. The molecular weight excluding hydrogens is 554 g/mol. The molecule has 192 valence electrons. The van der Waals surface area contributed by atoms with Crippen molar-refractivity contribution in [1.29, 1.82) is 0 Å². The maximum atomic E-state index is 14.4. The molecule has 3 aromatic carbocycles. The fourth-order valence-corrected chi connectivity index (χ4v) is 4.33. The highest BCUT2D eigenvalue weighted by atomic mass is 79.9. The zero-order valence-electron chi connectivity index (χ0n) is 20.1. The highest BCUT2D eigenvalue weighted by molar-refractivity contribution is 9.10. The van der Waals surface area contributed by atoms with Crippen LogP contribution < -0.4 is 4.74 Å². The SMILES string of the molecule is COC(=O)c1cc(-n2c(C)ccc2-c2cc(C)ccc2OCc2ccc(Br)cc2F)cc(C(F)(F)F)c1. The van der Waals surface area contributed by atoms with Crippen molar-refractivity contribution in [2.24, 2.45) is 0 Å². The number of carbonyl (C=O) groups is 1. The molecule has 4 rings (SSSR count). The van der Waals surface area contributed by atoms with Crippen molar-refractivity contribution in [3.05, 3.63) is 105 Å². The van der Waals surface area contributed by atoms with E-state index in [0.29, 0.717) is 32.7 Å². The van der Waals surface area contributed by atoms with Gasteiger partial charge in [0.05, 0.1) is 23.9 Å². The predicted octanol–water partition coefficient (Wildman–Crippen LogP) is 8.05. The highest BCUT2D eigenvalue weighted by Gasteiger charge is 2.32. The van der Waals surface area contributed by atoms with Crippen molar-refractivity contribution >= 4 is 21.9 Å². The van der Waals surface area contributed by atoms with Gasteiger partial charge in [-0.15, -0.1) is 0 Å². The minimum absolute atomic E-state index is 0.0507. The minimum atomic E-state index is -4.67. The molecule has 1 heterocycles. The summed E-state index contributed by atoms with van der Waals surface area (Å²) in [5.41, 5.74) is 1.96. The van der Waals surface area contributed by atoms with Crippen LogP contribution in [0.15, 0.2) is 71.2 Å². The number of methoxy groups -OCH3 is 1. The third-order valence-electron chi connectivity index (χ3n) is 5.81. The van der Waals surface area contributed by atoms with E-state index in [9.17, 15) is 22.4 Å². The fourth-order valence-electron chi connectivity index (χ4n) is 4.00. The summed E-state index contributed by atoms with van der Waals surface area (Å²) >= 11 is 3.23. The molecule has 0 N–H and O–H groups in total. The van der Waals surface area contributed by atoms with Gasteiger partial charge in [0, 0.05) is 27.0 Å². The Kier molecular flexibility index (Phi) is 7.45. The van der Waals surface area contributed by atoms with E-state index >= 15 is 0 Å². The predicted molar refractivity (Wildman–Crippen MR) is 135 cm³/mol. The number of ether oxygens (including phenoxy) is 2. The van der Waals surface area contributed by atoms with E-state index in [4.69, 9.17) is 4.74 Å². The van der Waals surface area contributed by atoms with E-state index < -0.39 is 23.5 Å². The molecule has 0 spiro atoms. The molecule has 37 heavy (non-hydrogen) atoms. The lowest BCUT2D eigenvalue weighted by Gasteiger charge is -2.18. The summed E-state index contributed by atoms with van der Waals surface area (Å²) in [4.78, 5) is 12.2. The van der Waals surface area contributed by atoms with Crippen LogP contribution in [0.3, 0.4) is 0 Å². The molecular formula is C28H22BrF4NO3. The number of alkyl halides is 3. The number of hydrogen-bond acceptors (Lipinski definition) is 3. The molecule has 0 fully saturated rings. The van der Waals surface area contributed by atoms with Gasteiger partial charge < -0.3 is 14.0 Å². The van der Waals surface area contributed by atoms with Crippen LogP contribution in [-0.2, 0) is 17.5 Å². The molecule has 0 atom stereocenters. The van der Waals surface area contributed by atoms with Crippen molar-refractivity contribution in [3.8, 4) is 22.7 Å². The lowest BCUT2D eigenvalue weighted by molar-refractivity contribution is -0.137. The van der Waals surface area contributed by atoms with E-state index in [0.717, 1.165) is 24.8 Å².